The summed E-state index contributed by atoms with van der Waals surface area (Å²) in [5.41, 5.74) is 5.60. The van der Waals surface area contributed by atoms with Crippen LogP contribution in [0.15, 0.2) is 42.0 Å². The van der Waals surface area contributed by atoms with E-state index in [1.54, 1.807) is 21.9 Å². The van der Waals surface area contributed by atoms with Gasteiger partial charge in [0.1, 0.15) is 0 Å². The molecule has 0 aliphatic heterocycles. The molecule has 1 aliphatic carbocycles. The number of hydrogen-bond donors (Lipinski definition) is 0. The number of unbranched alkanes of at least 4 members (excludes halogenated alkanes) is 7. The van der Waals surface area contributed by atoms with Crippen LogP contribution in [0.4, 0.5) is 0 Å². The van der Waals surface area contributed by atoms with Gasteiger partial charge in [-0.25, -0.2) is 0 Å². The molecule has 0 bridgehead atoms. The largest absolute Gasteiger partial charge is 0.0915 e. The molecule has 0 saturated heterocycles. The third-order valence-electron chi connectivity index (χ3n) is 7.04. The average Bonchev–Trinajstić information content (AvgIpc) is 3.22. The minimum Gasteiger partial charge on any atom is -0.0797 e. The van der Waals surface area contributed by atoms with Crippen LogP contribution in [0.5, 0.6) is 0 Å². The van der Waals surface area contributed by atoms with E-state index in [1.165, 1.54) is 83.5 Å². The molecule has 168 valence electrons. The lowest BCUT2D eigenvalue weighted by molar-refractivity contribution is 0.661. The number of rotatable bonds is 15. The minimum absolute atomic E-state index is 0.687. The van der Waals surface area contributed by atoms with E-state index in [2.05, 4.69) is 70.3 Å². The van der Waals surface area contributed by atoms with Crippen molar-refractivity contribution in [3.63, 3.8) is 0 Å². The van der Waals surface area contributed by atoms with Gasteiger partial charge in [0.25, 0.3) is 0 Å². The first-order valence-electron chi connectivity index (χ1n) is 13.0. The van der Waals surface area contributed by atoms with E-state index in [0.717, 1.165) is 0 Å². The van der Waals surface area contributed by atoms with Crippen LogP contribution in [0.3, 0.4) is 0 Å². The van der Waals surface area contributed by atoms with Crippen molar-refractivity contribution < 1.29 is 0 Å². The zero-order valence-electron chi connectivity index (χ0n) is 20.7. The fourth-order valence-electron chi connectivity index (χ4n) is 4.96. The smallest absolute Gasteiger partial charge is 0.0797 e. The standard InChI is InChI=1S/C29H48Si/c1-6-9-12-14-17-25-22-26(18-15-13-10-7-2)24-28(23-25)30(4,5)29-21-16-20-27(29)19-11-8-3/h16,20-24,29H,6-15,17-19H2,1-5H3. The molecular weight excluding hydrogens is 376 g/mol. The van der Waals surface area contributed by atoms with Crippen LogP contribution >= 0.6 is 0 Å². The summed E-state index contributed by atoms with van der Waals surface area (Å²) in [6, 6.07) is 7.76. The molecule has 0 saturated carbocycles. The second kappa shape index (κ2) is 13.4. The van der Waals surface area contributed by atoms with Crippen molar-refractivity contribution in [1.29, 1.82) is 0 Å². The topological polar surface area (TPSA) is 0 Å². The Morgan fingerprint density at radius 1 is 0.667 bits per heavy atom. The van der Waals surface area contributed by atoms with E-state index in [9.17, 15) is 0 Å². The van der Waals surface area contributed by atoms with E-state index in [-0.39, 0.29) is 0 Å². The van der Waals surface area contributed by atoms with E-state index in [0.29, 0.717) is 5.54 Å². The first kappa shape index (κ1) is 25.2. The Hall–Kier alpha value is -1.08. The van der Waals surface area contributed by atoms with Crippen molar-refractivity contribution in [3.05, 3.63) is 53.1 Å². The SMILES string of the molecule is CCCCCCc1cc(CCCCCC)cc([Si](C)(C)C2C=CC=C2CCCC)c1. The molecule has 0 spiro atoms. The highest BCUT2D eigenvalue weighted by molar-refractivity contribution is 6.92. The van der Waals surface area contributed by atoms with Crippen molar-refractivity contribution in [2.75, 3.05) is 0 Å². The molecular formula is C29H48Si. The summed E-state index contributed by atoms with van der Waals surface area (Å²) in [6.45, 7) is 12.2. The summed E-state index contributed by atoms with van der Waals surface area (Å²) < 4.78 is 0. The van der Waals surface area contributed by atoms with E-state index >= 15 is 0 Å². The Balaban J connectivity index is 2.21. The van der Waals surface area contributed by atoms with E-state index in [1.807, 2.05) is 0 Å². The second-order valence-corrected chi connectivity index (χ2v) is 14.7. The Bertz CT molecular complexity index is 649. The summed E-state index contributed by atoms with van der Waals surface area (Å²) in [7, 11) is -1.59. The molecule has 0 aromatic heterocycles. The number of allylic oxidation sites excluding steroid dienone is 4. The van der Waals surface area contributed by atoms with Crippen molar-refractivity contribution >= 4 is 13.3 Å². The summed E-state index contributed by atoms with van der Waals surface area (Å²) >= 11 is 0. The zero-order chi connectivity index (χ0) is 21.8. The van der Waals surface area contributed by atoms with Gasteiger partial charge in [-0.2, -0.15) is 0 Å². The molecule has 0 N–H and O–H groups in total. The molecule has 0 fully saturated rings. The number of hydrogen-bond acceptors (Lipinski definition) is 0. The van der Waals surface area contributed by atoms with Gasteiger partial charge in [0, 0.05) is 0 Å². The van der Waals surface area contributed by atoms with Gasteiger partial charge in [0.15, 0.2) is 0 Å². The maximum absolute atomic E-state index is 2.62. The Labute approximate surface area is 189 Å². The first-order chi connectivity index (χ1) is 14.5. The fraction of sp³-hybridized carbons (Fsp3) is 0.655. The van der Waals surface area contributed by atoms with Gasteiger partial charge < -0.3 is 0 Å². The van der Waals surface area contributed by atoms with Crippen LogP contribution in [0, 0.1) is 0 Å². The zero-order valence-corrected chi connectivity index (χ0v) is 21.7. The molecule has 0 radical (unpaired) electrons. The first-order valence-corrected chi connectivity index (χ1v) is 16.1. The van der Waals surface area contributed by atoms with Crippen LogP contribution in [0.25, 0.3) is 0 Å². The average molecular weight is 425 g/mol. The van der Waals surface area contributed by atoms with Crippen LogP contribution in [-0.4, -0.2) is 8.07 Å². The molecule has 0 heterocycles. The van der Waals surface area contributed by atoms with Gasteiger partial charge in [0.2, 0.25) is 0 Å². The molecule has 1 heteroatoms. The van der Waals surface area contributed by atoms with E-state index < -0.39 is 8.07 Å². The third kappa shape index (κ3) is 7.56. The molecule has 1 aromatic rings. The molecule has 30 heavy (non-hydrogen) atoms. The second-order valence-electron chi connectivity index (χ2n) is 10.1. The van der Waals surface area contributed by atoms with Gasteiger partial charge in [-0.05, 0) is 55.2 Å². The lowest BCUT2D eigenvalue weighted by Gasteiger charge is -2.32. The Morgan fingerprint density at radius 2 is 1.23 bits per heavy atom. The maximum Gasteiger partial charge on any atom is 0.0915 e. The molecule has 0 nitrogen and oxygen atoms in total. The fourth-order valence-corrected chi connectivity index (χ4v) is 8.19. The molecule has 1 atom stereocenters. The molecule has 1 aliphatic rings. The monoisotopic (exact) mass is 424 g/mol. The van der Waals surface area contributed by atoms with Gasteiger partial charge in [-0.15, -0.1) is 0 Å². The quantitative estimate of drug-likeness (QED) is 0.195. The maximum atomic E-state index is 2.62. The predicted octanol–water partition coefficient (Wildman–Crippen LogP) is 8.90. The van der Waals surface area contributed by atoms with Crippen molar-refractivity contribution in [3.8, 4) is 0 Å². The van der Waals surface area contributed by atoms with Crippen molar-refractivity contribution in [2.45, 2.75) is 123 Å². The molecule has 1 aromatic carbocycles. The highest BCUT2D eigenvalue weighted by atomic mass is 28.3. The van der Waals surface area contributed by atoms with Crippen LogP contribution < -0.4 is 5.19 Å². The Kier molecular flexibility index (Phi) is 11.2. The summed E-state index contributed by atoms with van der Waals surface area (Å²) in [5, 5.41) is 1.69. The highest BCUT2D eigenvalue weighted by Crippen LogP contribution is 2.38. The van der Waals surface area contributed by atoms with Crippen LogP contribution in [0.1, 0.15) is 103 Å². The lowest BCUT2D eigenvalue weighted by Crippen LogP contribution is -2.46. The number of aryl methyl sites for hydroxylation is 2. The van der Waals surface area contributed by atoms with Gasteiger partial charge >= 0.3 is 0 Å². The normalized spacial score (nSPS) is 16.3. The molecule has 2 rings (SSSR count). The molecule has 0 amide bonds. The van der Waals surface area contributed by atoms with Crippen molar-refractivity contribution in [1.82, 2.24) is 0 Å². The third-order valence-corrected chi connectivity index (χ3v) is 10.9. The van der Waals surface area contributed by atoms with Crippen LogP contribution in [0.2, 0.25) is 18.6 Å². The summed E-state index contributed by atoms with van der Waals surface area (Å²) in [5.74, 6) is 0. The van der Waals surface area contributed by atoms with Crippen LogP contribution in [-0.2, 0) is 12.8 Å². The minimum atomic E-state index is -1.59. The summed E-state index contributed by atoms with van der Waals surface area (Å²) in [4.78, 5) is 0. The van der Waals surface area contributed by atoms with Gasteiger partial charge in [0.05, 0.1) is 8.07 Å². The predicted molar refractivity (Wildman–Crippen MR) is 140 cm³/mol. The number of benzene rings is 1. The van der Waals surface area contributed by atoms with Gasteiger partial charge in [-0.3, -0.25) is 0 Å². The van der Waals surface area contributed by atoms with Gasteiger partial charge in [-0.1, -0.05) is 126 Å². The lowest BCUT2D eigenvalue weighted by atomic mass is 10.0. The molecule has 1 unspecified atom stereocenters. The summed E-state index contributed by atoms with van der Waals surface area (Å²) in [6.07, 6.45) is 24.6. The Morgan fingerprint density at radius 3 is 1.77 bits per heavy atom. The van der Waals surface area contributed by atoms with Crippen molar-refractivity contribution in [2.24, 2.45) is 0 Å². The highest BCUT2D eigenvalue weighted by Gasteiger charge is 2.35. The van der Waals surface area contributed by atoms with E-state index in [4.69, 9.17) is 0 Å².